The average Bonchev–Trinajstić information content (AvgIpc) is 2.88. The van der Waals surface area contributed by atoms with Crippen LogP contribution in [0.3, 0.4) is 0 Å². The molecule has 168 valence electrons. The molecule has 0 heterocycles. The highest BCUT2D eigenvalue weighted by molar-refractivity contribution is 5.44. The van der Waals surface area contributed by atoms with Crippen molar-refractivity contribution in [2.45, 2.75) is 25.9 Å². The molecule has 4 aromatic rings. The fraction of sp³-hybridized carbons (Fsp3) is 0.172. The summed E-state index contributed by atoms with van der Waals surface area (Å²) in [6.45, 7) is 2.02. The summed E-state index contributed by atoms with van der Waals surface area (Å²) < 4.78 is 12.2. The summed E-state index contributed by atoms with van der Waals surface area (Å²) in [6.07, 6.45) is -0.657. The molecule has 0 aliphatic heterocycles. The minimum absolute atomic E-state index is 0.425. The van der Waals surface area contributed by atoms with Gasteiger partial charge >= 0.3 is 0 Å². The standard InChI is InChI=1S/C29H29NO3/c31-27(20-30-19-23-10-4-1-5-11-23)26-16-17-28(32-21-24-12-6-2-7-13-24)29(18-26)33-22-25-14-8-3-9-15-25/h1-18,27,30-31H,19-22H2/t27-/m1/s1. The molecule has 0 spiro atoms. The third-order valence-electron chi connectivity index (χ3n) is 5.34. The monoisotopic (exact) mass is 439 g/mol. The number of rotatable bonds is 11. The van der Waals surface area contributed by atoms with Gasteiger partial charge in [0.2, 0.25) is 0 Å². The minimum atomic E-state index is -0.657. The summed E-state index contributed by atoms with van der Waals surface area (Å²) in [4.78, 5) is 0. The Morgan fingerprint density at radius 2 is 1.12 bits per heavy atom. The Morgan fingerprint density at radius 1 is 0.606 bits per heavy atom. The zero-order valence-electron chi connectivity index (χ0n) is 18.6. The van der Waals surface area contributed by atoms with Gasteiger partial charge < -0.3 is 19.9 Å². The summed E-state index contributed by atoms with van der Waals surface area (Å²) in [7, 11) is 0. The van der Waals surface area contributed by atoms with Gasteiger partial charge in [0.1, 0.15) is 13.2 Å². The van der Waals surface area contributed by atoms with E-state index in [9.17, 15) is 5.11 Å². The molecule has 4 aromatic carbocycles. The highest BCUT2D eigenvalue weighted by atomic mass is 16.5. The van der Waals surface area contributed by atoms with Crippen LogP contribution in [0.4, 0.5) is 0 Å². The molecule has 0 saturated heterocycles. The molecule has 4 heteroatoms. The predicted octanol–water partition coefficient (Wildman–Crippen LogP) is 5.67. The van der Waals surface area contributed by atoms with Crippen LogP contribution in [-0.2, 0) is 19.8 Å². The lowest BCUT2D eigenvalue weighted by Crippen LogP contribution is -2.21. The van der Waals surface area contributed by atoms with Gasteiger partial charge in [-0.25, -0.2) is 0 Å². The SMILES string of the molecule is O[C@H](CNCc1ccccc1)c1ccc(OCc2ccccc2)c(OCc2ccccc2)c1. The molecule has 0 aromatic heterocycles. The lowest BCUT2D eigenvalue weighted by atomic mass is 10.1. The smallest absolute Gasteiger partial charge is 0.162 e. The van der Waals surface area contributed by atoms with Crippen molar-refractivity contribution >= 4 is 0 Å². The summed E-state index contributed by atoms with van der Waals surface area (Å²) in [5.41, 5.74) is 4.12. The van der Waals surface area contributed by atoms with Crippen molar-refractivity contribution in [1.82, 2.24) is 5.32 Å². The van der Waals surface area contributed by atoms with Gasteiger partial charge in [0.15, 0.2) is 11.5 Å². The summed E-state index contributed by atoms with van der Waals surface area (Å²) in [6, 6.07) is 35.8. The number of aliphatic hydroxyl groups is 1. The van der Waals surface area contributed by atoms with Gasteiger partial charge in [0.05, 0.1) is 6.10 Å². The molecule has 1 atom stereocenters. The van der Waals surface area contributed by atoms with Crippen LogP contribution in [0.5, 0.6) is 11.5 Å². The van der Waals surface area contributed by atoms with Crippen molar-refractivity contribution in [2.24, 2.45) is 0 Å². The van der Waals surface area contributed by atoms with E-state index >= 15 is 0 Å². The largest absolute Gasteiger partial charge is 0.485 e. The zero-order chi connectivity index (χ0) is 22.7. The Hall–Kier alpha value is -3.60. The van der Waals surface area contributed by atoms with Gasteiger partial charge in [-0.2, -0.15) is 0 Å². The van der Waals surface area contributed by atoms with E-state index in [0.29, 0.717) is 37.8 Å². The lowest BCUT2D eigenvalue weighted by Gasteiger charge is -2.17. The fourth-order valence-electron chi connectivity index (χ4n) is 3.50. The Labute approximate surface area is 195 Å². The van der Waals surface area contributed by atoms with Crippen LogP contribution in [0.25, 0.3) is 0 Å². The van der Waals surface area contributed by atoms with E-state index < -0.39 is 6.10 Å². The normalized spacial score (nSPS) is 11.7. The van der Waals surface area contributed by atoms with Gasteiger partial charge in [-0.05, 0) is 34.4 Å². The number of benzene rings is 4. The first-order valence-electron chi connectivity index (χ1n) is 11.2. The second-order valence-electron chi connectivity index (χ2n) is 7.89. The van der Waals surface area contributed by atoms with Crippen LogP contribution in [0.15, 0.2) is 109 Å². The molecule has 0 bridgehead atoms. The van der Waals surface area contributed by atoms with Crippen molar-refractivity contribution < 1.29 is 14.6 Å². The van der Waals surface area contributed by atoms with Crippen LogP contribution >= 0.6 is 0 Å². The Bertz CT molecular complexity index is 1100. The Kier molecular flexibility index (Phi) is 8.12. The van der Waals surface area contributed by atoms with Crippen LogP contribution in [0.1, 0.15) is 28.4 Å². The summed E-state index contributed by atoms with van der Waals surface area (Å²) >= 11 is 0. The first-order valence-corrected chi connectivity index (χ1v) is 11.2. The second-order valence-corrected chi connectivity index (χ2v) is 7.89. The van der Waals surface area contributed by atoms with E-state index in [1.54, 1.807) is 0 Å². The second kappa shape index (κ2) is 11.9. The number of aliphatic hydroxyl groups excluding tert-OH is 1. The highest BCUT2D eigenvalue weighted by Gasteiger charge is 2.13. The predicted molar refractivity (Wildman–Crippen MR) is 131 cm³/mol. The molecule has 0 aliphatic rings. The van der Waals surface area contributed by atoms with E-state index in [-0.39, 0.29) is 0 Å². The average molecular weight is 440 g/mol. The van der Waals surface area contributed by atoms with E-state index in [2.05, 4.69) is 17.4 Å². The number of hydrogen-bond acceptors (Lipinski definition) is 4. The molecule has 0 amide bonds. The maximum absolute atomic E-state index is 10.7. The number of nitrogens with one attached hydrogen (secondary N) is 1. The van der Waals surface area contributed by atoms with Crippen molar-refractivity contribution in [3.05, 3.63) is 131 Å². The highest BCUT2D eigenvalue weighted by Crippen LogP contribution is 2.32. The molecule has 2 N–H and O–H groups in total. The molecule has 0 saturated carbocycles. The van der Waals surface area contributed by atoms with Crippen molar-refractivity contribution in [1.29, 1.82) is 0 Å². The minimum Gasteiger partial charge on any atom is -0.485 e. The van der Waals surface area contributed by atoms with E-state index in [1.807, 2.05) is 97.1 Å². The Morgan fingerprint density at radius 3 is 1.70 bits per heavy atom. The first kappa shape index (κ1) is 22.6. The van der Waals surface area contributed by atoms with Crippen LogP contribution in [0, 0.1) is 0 Å². The Balaban J connectivity index is 1.44. The molecule has 0 unspecified atom stereocenters. The molecule has 0 fully saturated rings. The maximum atomic E-state index is 10.7. The number of hydrogen-bond donors (Lipinski definition) is 2. The molecule has 33 heavy (non-hydrogen) atoms. The van der Waals surface area contributed by atoms with Gasteiger partial charge in [-0.3, -0.25) is 0 Å². The van der Waals surface area contributed by atoms with Gasteiger partial charge in [-0.15, -0.1) is 0 Å². The van der Waals surface area contributed by atoms with Crippen LogP contribution in [0.2, 0.25) is 0 Å². The topological polar surface area (TPSA) is 50.7 Å². The number of ether oxygens (including phenoxy) is 2. The third kappa shape index (κ3) is 6.94. The van der Waals surface area contributed by atoms with Gasteiger partial charge in [0.25, 0.3) is 0 Å². The van der Waals surface area contributed by atoms with Crippen molar-refractivity contribution in [2.75, 3.05) is 6.54 Å². The molecule has 0 radical (unpaired) electrons. The van der Waals surface area contributed by atoms with Crippen molar-refractivity contribution in [3.8, 4) is 11.5 Å². The lowest BCUT2D eigenvalue weighted by molar-refractivity contribution is 0.173. The van der Waals surface area contributed by atoms with Gasteiger partial charge in [-0.1, -0.05) is 97.1 Å². The quantitative estimate of drug-likeness (QED) is 0.316. The maximum Gasteiger partial charge on any atom is 0.162 e. The molecule has 0 aliphatic carbocycles. The van der Waals surface area contributed by atoms with Crippen LogP contribution in [-0.4, -0.2) is 11.7 Å². The van der Waals surface area contributed by atoms with E-state index in [4.69, 9.17) is 9.47 Å². The molecular formula is C29H29NO3. The van der Waals surface area contributed by atoms with E-state index in [1.165, 1.54) is 5.56 Å². The van der Waals surface area contributed by atoms with Gasteiger partial charge in [0, 0.05) is 13.1 Å². The van der Waals surface area contributed by atoms with E-state index in [0.717, 1.165) is 16.7 Å². The molecule has 4 nitrogen and oxygen atoms in total. The zero-order valence-corrected chi connectivity index (χ0v) is 18.6. The summed E-state index contributed by atoms with van der Waals surface area (Å²) in [5, 5.41) is 14.1. The summed E-state index contributed by atoms with van der Waals surface area (Å²) in [5.74, 6) is 1.28. The molecule has 4 rings (SSSR count). The first-order chi connectivity index (χ1) is 16.3. The third-order valence-corrected chi connectivity index (χ3v) is 5.34. The van der Waals surface area contributed by atoms with Crippen LogP contribution < -0.4 is 14.8 Å². The fourth-order valence-corrected chi connectivity index (χ4v) is 3.50. The van der Waals surface area contributed by atoms with Crippen molar-refractivity contribution in [3.63, 3.8) is 0 Å². The molecular weight excluding hydrogens is 410 g/mol.